The van der Waals surface area contributed by atoms with E-state index in [1.54, 1.807) is 0 Å². The van der Waals surface area contributed by atoms with Crippen LogP contribution in [-0.2, 0) is 6.54 Å². The van der Waals surface area contributed by atoms with Gasteiger partial charge in [-0.2, -0.15) is 4.57 Å². The van der Waals surface area contributed by atoms with Crippen LogP contribution < -0.4 is 26.4 Å². The SMILES string of the molecule is Clc1c2ccccc2cc[n+]1Cc1ccccc1.Fc1c(F)c(F)c([B-](c2c(F)c(F)c(F)c(F)c2F)(c2c(F)c(F)c(F)c(F)c2F)c2c(F)c(F)c(F)c(F)c2F)c(F)c1F. The second-order valence-electron chi connectivity index (χ2n) is 13.1. The van der Waals surface area contributed by atoms with Crippen molar-refractivity contribution >= 4 is 50.4 Å². The first-order valence-corrected chi connectivity index (χ1v) is 17.3. The van der Waals surface area contributed by atoms with Crippen molar-refractivity contribution < 1.29 is 92.4 Å². The summed E-state index contributed by atoms with van der Waals surface area (Å²) in [5.74, 6) is -71.4. The Bertz CT molecular complexity index is 2620. The van der Waals surface area contributed by atoms with Crippen molar-refractivity contribution in [3.05, 3.63) is 194 Å². The number of pyridine rings is 1. The highest BCUT2D eigenvalue weighted by Gasteiger charge is 2.52. The zero-order valence-electron chi connectivity index (χ0n) is 30.0. The third kappa shape index (κ3) is 7.16. The molecule has 1 heterocycles. The third-order valence-corrected chi connectivity index (χ3v) is 10.2. The van der Waals surface area contributed by atoms with E-state index in [0.717, 1.165) is 17.1 Å². The first-order valence-electron chi connectivity index (χ1n) is 16.9. The molecule has 0 atom stereocenters. The summed E-state index contributed by atoms with van der Waals surface area (Å²) < 4.78 is 296. The molecule has 0 aliphatic carbocycles. The maximum Gasteiger partial charge on any atom is 0.283 e. The van der Waals surface area contributed by atoms with Crippen molar-refractivity contribution in [3.8, 4) is 0 Å². The molecule has 7 rings (SSSR count). The number of hydrogen-bond acceptors (Lipinski definition) is 0. The van der Waals surface area contributed by atoms with Crippen LogP contribution in [0.5, 0.6) is 0 Å². The third-order valence-electron chi connectivity index (χ3n) is 9.77. The Balaban J connectivity index is 0.000000302. The van der Waals surface area contributed by atoms with Gasteiger partial charge in [0.15, 0.2) is 82.5 Å². The highest BCUT2D eigenvalue weighted by Crippen LogP contribution is 2.31. The summed E-state index contributed by atoms with van der Waals surface area (Å²) in [6.45, 7) is 0.796. The Hall–Kier alpha value is -6.32. The number of hydrogen-bond donors (Lipinski definition) is 0. The number of rotatable bonds is 6. The van der Waals surface area contributed by atoms with Crippen molar-refractivity contribution in [2.45, 2.75) is 6.54 Å². The van der Waals surface area contributed by atoms with Gasteiger partial charge in [-0.3, -0.25) is 0 Å². The van der Waals surface area contributed by atoms with Gasteiger partial charge in [0.2, 0.25) is 0 Å². The van der Waals surface area contributed by atoms with E-state index in [4.69, 9.17) is 11.6 Å². The highest BCUT2D eigenvalue weighted by molar-refractivity contribution is 7.20. The molecule has 0 saturated heterocycles. The predicted octanol–water partition coefficient (Wildman–Crippen LogP) is 9.67. The summed E-state index contributed by atoms with van der Waals surface area (Å²) >= 11 is 6.45. The summed E-state index contributed by atoms with van der Waals surface area (Å²) in [5, 5.41) is 3.06. The maximum absolute atomic E-state index is 15.4. The number of aromatic nitrogens is 1. The number of nitrogens with zero attached hydrogens (tertiary/aromatic N) is 1. The lowest BCUT2D eigenvalue weighted by atomic mass is 9.12. The average Bonchev–Trinajstić information content (AvgIpc) is 3.27. The molecular formula is C40H13BClF20N. The summed E-state index contributed by atoms with van der Waals surface area (Å²) in [4.78, 5) is 0. The monoisotopic (exact) mass is 933 g/mol. The smallest absolute Gasteiger partial charge is 0.207 e. The van der Waals surface area contributed by atoms with E-state index in [2.05, 4.69) is 34.9 Å². The minimum Gasteiger partial charge on any atom is -0.207 e. The van der Waals surface area contributed by atoms with Crippen LogP contribution in [0, 0.1) is 116 Å². The normalized spacial score (nSPS) is 11.6. The molecule has 1 aromatic heterocycles. The fourth-order valence-corrected chi connectivity index (χ4v) is 7.29. The Labute approximate surface area is 342 Å². The van der Waals surface area contributed by atoms with Crippen LogP contribution >= 0.6 is 11.6 Å². The summed E-state index contributed by atoms with van der Waals surface area (Å²) in [7, 11) is 0. The molecule has 0 aliphatic rings. The Morgan fingerprint density at radius 2 is 0.603 bits per heavy atom. The molecule has 0 fully saturated rings. The molecule has 0 unspecified atom stereocenters. The second-order valence-corrected chi connectivity index (χ2v) is 13.5. The molecule has 328 valence electrons. The molecule has 1 nitrogen and oxygen atoms in total. The average molecular weight is 934 g/mol. The minimum absolute atomic E-state index is 0.789. The van der Waals surface area contributed by atoms with Gasteiger partial charge in [-0.15, -0.1) is 21.9 Å². The van der Waals surface area contributed by atoms with Crippen molar-refractivity contribution in [1.82, 2.24) is 0 Å². The van der Waals surface area contributed by atoms with Crippen molar-refractivity contribution in [2.24, 2.45) is 0 Å². The van der Waals surface area contributed by atoms with Gasteiger partial charge in [0, 0.05) is 11.6 Å². The molecule has 0 saturated carbocycles. The molecule has 0 N–H and O–H groups in total. The Morgan fingerprint density at radius 3 is 0.921 bits per heavy atom. The zero-order valence-corrected chi connectivity index (χ0v) is 30.8. The molecule has 0 amide bonds. The van der Waals surface area contributed by atoms with Gasteiger partial charge in [-0.1, -0.05) is 48.5 Å². The van der Waals surface area contributed by atoms with Gasteiger partial charge < -0.3 is 0 Å². The van der Waals surface area contributed by atoms with Gasteiger partial charge in [0.1, 0.15) is 52.7 Å². The second kappa shape index (κ2) is 17.1. The van der Waals surface area contributed by atoms with Gasteiger partial charge in [0.05, 0.1) is 5.39 Å². The summed E-state index contributed by atoms with van der Waals surface area (Å²) in [6.07, 6.45) is -5.18. The predicted molar refractivity (Wildman–Crippen MR) is 184 cm³/mol. The van der Waals surface area contributed by atoms with Crippen LogP contribution in [0.15, 0.2) is 66.9 Å². The van der Waals surface area contributed by atoms with Crippen LogP contribution in [0.1, 0.15) is 5.56 Å². The Morgan fingerprint density at radius 1 is 0.333 bits per heavy atom. The first-order chi connectivity index (χ1) is 29.5. The van der Waals surface area contributed by atoms with E-state index in [1.807, 2.05) is 36.5 Å². The fraction of sp³-hybridized carbons (Fsp3) is 0.0250. The van der Waals surface area contributed by atoms with Crippen molar-refractivity contribution in [3.63, 3.8) is 0 Å². The largest absolute Gasteiger partial charge is 0.283 e. The van der Waals surface area contributed by atoms with E-state index in [0.29, 0.717) is 0 Å². The molecule has 7 aromatic rings. The summed E-state index contributed by atoms with van der Waals surface area (Å²) in [6, 6.07) is 20.6. The number of fused-ring (bicyclic) bond motifs is 1. The van der Waals surface area contributed by atoms with E-state index in [-0.39, 0.29) is 0 Å². The van der Waals surface area contributed by atoms with Crippen molar-refractivity contribution in [2.75, 3.05) is 0 Å². The lowest BCUT2D eigenvalue weighted by Gasteiger charge is -2.44. The standard InChI is InChI=1S/C24BF20.C16H13ClN/c26-5-1(6(27)14(35)21(42)13(5)34)25(2-7(28)15(36)22(43)16(37)8(2)29,3-9(30)17(38)23(44)18(39)10(3)31)4-11(32)19(40)24(45)20(41)12(4)33;17-16-15-9-5-4-8-14(15)10-11-18(16)12-13-6-2-1-3-7-13/h;1-11H,12H2/q-1;+1. The molecule has 0 aliphatic heterocycles. The van der Waals surface area contributed by atoms with E-state index in [9.17, 15) is 52.7 Å². The lowest BCUT2D eigenvalue weighted by molar-refractivity contribution is -0.684. The van der Waals surface area contributed by atoms with Gasteiger partial charge >= 0.3 is 0 Å². The summed E-state index contributed by atoms with van der Waals surface area (Å²) in [5.41, 5.74) is -13.1. The van der Waals surface area contributed by atoms with Crippen molar-refractivity contribution in [1.29, 1.82) is 0 Å². The van der Waals surface area contributed by atoms with Crippen LogP contribution in [0.3, 0.4) is 0 Å². The highest BCUT2D eigenvalue weighted by atomic mass is 35.5. The molecule has 0 radical (unpaired) electrons. The van der Waals surface area contributed by atoms with E-state index >= 15 is 35.1 Å². The quantitative estimate of drug-likeness (QED) is 0.0391. The molecule has 6 aromatic carbocycles. The van der Waals surface area contributed by atoms with Gasteiger partial charge in [0.25, 0.3) is 5.15 Å². The first kappa shape index (κ1) is 46.2. The molecule has 23 heteroatoms. The van der Waals surface area contributed by atoms with Gasteiger partial charge in [-0.25, -0.2) is 87.8 Å². The fourth-order valence-electron chi connectivity index (χ4n) is 7.00. The topological polar surface area (TPSA) is 3.88 Å². The van der Waals surface area contributed by atoms with E-state index < -0.39 is 144 Å². The van der Waals surface area contributed by atoms with Gasteiger partial charge in [-0.05, 0) is 23.1 Å². The molecular weight excluding hydrogens is 921 g/mol. The molecule has 0 spiro atoms. The molecule has 63 heavy (non-hydrogen) atoms. The Kier molecular flexibility index (Phi) is 12.5. The lowest BCUT2D eigenvalue weighted by Crippen LogP contribution is -2.81. The van der Waals surface area contributed by atoms with Crippen LogP contribution in [0.25, 0.3) is 10.8 Å². The molecule has 0 bridgehead atoms. The van der Waals surface area contributed by atoms with Crippen LogP contribution in [0.4, 0.5) is 87.8 Å². The minimum atomic E-state index is -7.22. The zero-order chi connectivity index (χ0) is 46.7. The van der Waals surface area contributed by atoms with Crippen LogP contribution in [0.2, 0.25) is 5.15 Å². The number of benzene rings is 6. The maximum atomic E-state index is 15.4. The van der Waals surface area contributed by atoms with Crippen LogP contribution in [-0.4, -0.2) is 6.15 Å². The number of halogens is 21. The van der Waals surface area contributed by atoms with E-state index in [1.165, 1.54) is 10.9 Å².